The molecule has 0 radical (unpaired) electrons. The lowest BCUT2D eigenvalue weighted by Crippen LogP contribution is -2.41. The molecule has 0 aliphatic carbocycles. The third kappa shape index (κ3) is 7.96. The first-order chi connectivity index (χ1) is 13.9. The van der Waals surface area contributed by atoms with E-state index in [9.17, 15) is 0 Å². The lowest BCUT2D eigenvalue weighted by molar-refractivity contribution is 0.240. The molecule has 2 aromatic carbocycles. The zero-order chi connectivity index (χ0) is 22.5. The summed E-state index contributed by atoms with van der Waals surface area (Å²) < 4.78 is 12.8. The largest absolute Gasteiger partial charge is 0.490 e. The number of halogens is 3. The molecule has 2 rings (SSSR count). The van der Waals surface area contributed by atoms with Crippen LogP contribution in [0.25, 0.3) is 0 Å². The number of ether oxygens (including phenoxy) is 2. The van der Waals surface area contributed by atoms with E-state index in [0.29, 0.717) is 34.8 Å². The van der Waals surface area contributed by atoms with Crippen molar-refractivity contribution in [1.29, 1.82) is 0 Å². The van der Waals surface area contributed by atoms with E-state index in [1.165, 1.54) is 0 Å². The van der Waals surface area contributed by atoms with Crippen LogP contribution in [0.1, 0.15) is 59.1 Å². The molecule has 0 aliphatic rings. The molecule has 0 saturated heterocycles. The smallest absolute Gasteiger partial charge is 0.175 e. The summed E-state index contributed by atoms with van der Waals surface area (Å²) >= 11 is 15.9. The van der Waals surface area contributed by atoms with Crippen molar-refractivity contribution >= 4 is 39.1 Å². The van der Waals surface area contributed by atoms with Gasteiger partial charge in [-0.2, -0.15) is 0 Å². The number of hydrogen-bond donors (Lipinski definition) is 1. The van der Waals surface area contributed by atoms with Crippen molar-refractivity contribution in [2.24, 2.45) is 5.41 Å². The van der Waals surface area contributed by atoms with E-state index in [0.717, 1.165) is 28.6 Å². The Labute approximate surface area is 199 Å². The van der Waals surface area contributed by atoms with Gasteiger partial charge in [0.05, 0.1) is 11.1 Å². The van der Waals surface area contributed by atoms with Gasteiger partial charge in [0.2, 0.25) is 0 Å². The number of hydrogen-bond acceptors (Lipinski definition) is 3. The van der Waals surface area contributed by atoms with Crippen LogP contribution in [-0.2, 0) is 13.2 Å². The fourth-order valence-corrected chi connectivity index (χ4v) is 4.71. The van der Waals surface area contributed by atoms with Gasteiger partial charge in [0, 0.05) is 27.7 Å². The van der Waals surface area contributed by atoms with Crippen LogP contribution in [0.5, 0.6) is 11.5 Å². The van der Waals surface area contributed by atoms with Crippen molar-refractivity contribution in [3.8, 4) is 11.5 Å². The van der Waals surface area contributed by atoms with Gasteiger partial charge < -0.3 is 14.8 Å². The highest BCUT2D eigenvalue weighted by Gasteiger charge is 2.25. The maximum atomic E-state index is 6.28. The van der Waals surface area contributed by atoms with E-state index < -0.39 is 0 Å². The first-order valence-corrected chi connectivity index (χ1v) is 11.7. The van der Waals surface area contributed by atoms with Crippen LogP contribution in [0, 0.1) is 5.41 Å². The van der Waals surface area contributed by atoms with Crippen molar-refractivity contribution in [3.63, 3.8) is 0 Å². The SMILES string of the molecule is CCOc1cc(CNC(C)(C)CC(C)(C)C)cc(Br)c1OCc1ccc(Cl)cc1Cl. The molecule has 166 valence electrons. The first kappa shape index (κ1) is 25.3. The van der Waals surface area contributed by atoms with E-state index in [1.807, 2.05) is 19.1 Å². The molecular formula is C24H32BrCl2NO2. The average molecular weight is 517 g/mol. The Hall–Kier alpha value is -0.940. The molecule has 3 nitrogen and oxygen atoms in total. The van der Waals surface area contributed by atoms with Crippen LogP contribution in [0.15, 0.2) is 34.8 Å². The quantitative estimate of drug-likeness (QED) is 0.365. The maximum absolute atomic E-state index is 6.28. The molecule has 0 spiro atoms. The molecule has 0 amide bonds. The van der Waals surface area contributed by atoms with Gasteiger partial charge in [-0.1, -0.05) is 50.0 Å². The summed E-state index contributed by atoms with van der Waals surface area (Å²) in [6, 6.07) is 9.50. The molecule has 0 atom stereocenters. The summed E-state index contributed by atoms with van der Waals surface area (Å²) in [7, 11) is 0. The standard InChI is InChI=1S/C24H32BrCl2NO2/c1-7-29-21-11-16(13-28-24(5,6)15-23(2,3)4)10-19(25)22(21)30-14-17-8-9-18(26)12-20(17)27/h8-12,28H,7,13-15H2,1-6H3. The monoisotopic (exact) mass is 515 g/mol. The Bertz CT molecular complexity index is 863. The summed E-state index contributed by atoms with van der Waals surface area (Å²) in [5.41, 5.74) is 2.28. The summed E-state index contributed by atoms with van der Waals surface area (Å²) in [6.07, 6.45) is 1.07. The third-order valence-corrected chi connectivity index (χ3v) is 5.68. The Morgan fingerprint density at radius 3 is 2.30 bits per heavy atom. The number of nitrogens with one attached hydrogen (secondary N) is 1. The zero-order valence-corrected chi connectivity index (χ0v) is 21.8. The lowest BCUT2D eigenvalue weighted by Gasteiger charge is -2.33. The van der Waals surface area contributed by atoms with Gasteiger partial charge >= 0.3 is 0 Å². The molecule has 0 aliphatic heterocycles. The van der Waals surface area contributed by atoms with Gasteiger partial charge in [0.15, 0.2) is 11.5 Å². The van der Waals surface area contributed by atoms with Gasteiger partial charge in [-0.05, 0) is 78.4 Å². The number of benzene rings is 2. The summed E-state index contributed by atoms with van der Waals surface area (Å²) in [5.74, 6) is 1.38. The van der Waals surface area contributed by atoms with Crippen LogP contribution in [0.4, 0.5) is 0 Å². The van der Waals surface area contributed by atoms with Gasteiger partial charge in [0.25, 0.3) is 0 Å². The highest BCUT2D eigenvalue weighted by Crippen LogP contribution is 2.38. The van der Waals surface area contributed by atoms with Crippen LogP contribution in [-0.4, -0.2) is 12.1 Å². The van der Waals surface area contributed by atoms with Gasteiger partial charge in [-0.3, -0.25) is 0 Å². The summed E-state index contributed by atoms with van der Waals surface area (Å²) in [6.45, 7) is 14.9. The van der Waals surface area contributed by atoms with Gasteiger partial charge in [-0.25, -0.2) is 0 Å². The zero-order valence-electron chi connectivity index (χ0n) is 18.7. The third-order valence-electron chi connectivity index (χ3n) is 4.50. The van der Waals surface area contributed by atoms with Crippen LogP contribution < -0.4 is 14.8 Å². The molecule has 0 aromatic heterocycles. The molecular weight excluding hydrogens is 485 g/mol. The molecule has 1 N–H and O–H groups in total. The highest BCUT2D eigenvalue weighted by molar-refractivity contribution is 9.10. The van der Waals surface area contributed by atoms with E-state index in [2.05, 4.69) is 61.9 Å². The summed E-state index contributed by atoms with van der Waals surface area (Å²) in [5, 5.41) is 4.86. The highest BCUT2D eigenvalue weighted by atomic mass is 79.9. The second kappa shape index (κ2) is 10.6. The minimum Gasteiger partial charge on any atom is -0.490 e. The first-order valence-electron chi connectivity index (χ1n) is 10.2. The predicted octanol–water partition coefficient (Wildman–Crippen LogP) is 8.04. The molecule has 0 heterocycles. The Morgan fingerprint density at radius 1 is 1.00 bits per heavy atom. The Kier molecular flexibility index (Phi) is 8.93. The van der Waals surface area contributed by atoms with Gasteiger partial charge in [-0.15, -0.1) is 0 Å². The van der Waals surface area contributed by atoms with Crippen LogP contribution >= 0.6 is 39.1 Å². The molecule has 2 aromatic rings. The van der Waals surface area contributed by atoms with Crippen molar-refractivity contribution in [2.75, 3.05) is 6.61 Å². The maximum Gasteiger partial charge on any atom is 0.175 e. The van der Waals surface area contributed by atoms with E-state index in [-0.39, 0.29) is 11.0 Å². The minimum atomic E-state index is 0.0248. The molecule has 0 bridgehead atoms. The topological polar surface area (TPSA) is 30.5 Å². The Morgan fingerprint density at radius 2 is 1.70 bits per heavy atom. The molecule has 6 heteroatoms. The second-order valence-electron chi connectivity index (χ2n) is 9.34. The minimum absolute atomic E-state index is 0.0248. The molecule has 0 saturated carbocycles. The van der Waals surface area contributed by atoms with E-state index in [1.54, 1.807) is 12.1 Å². The van der Waals surface area contributed by atoms with Crippen molar-refractivity contribution in [2.45, 2.75) is 66.7 Å². The molecule has 30 heavy (non-hydrogen) atoms. The predicted molar refractivity (Wildman–Crippen MR) is 131 cm³/mol. The van der Waals surface area contributed by atoms with Crippen molar-refractivity contribution in [1.82, 2.24) is 5.32 Å². The van der Waals surface area contributed by atoms with Crippen molar-refractivity contribution < 1.29 is 9.47 Å². The van der Waals surface area contributed by atoms with Crippen LogP contribution in [0.3, 0.4) is 0 Å². The van der Waals surface area contributed by atoms with Gasteiger partial charge in [0.1, 0.15) is 6.61 Å². The summed E-state index contributed by atoms with van der Waals surface area (Å²) in [4.78, 5) is 0. The fourth-order valence-electron chi connectivity index (χ4n) is 3.64. The van der Waals surface area contributed by atoms with E-state index >= 15 is 0 Å². The normalized spacial score (nSPS) is 12.2. The van der Waals surface area contributed by atoms with E-state index in [4.69, 9.17) is 32.7 Å². The van der Waals surface area contributed by atoms with Crippen molar-refractivity contribution in [3.05, 3.63) is 56.0 Å². The van der Waals surface area contributed by atoms with Crippen LogP contribution in [0.2, 0.25) is 10.0 Å². The second-order valence-corrected chi connectivity index (χ2v) is 11.0. The lowest BCUT2D eigenvalue weighted by atomic mass is 9.82. The number of rotatable bonds is 9. The molecule has 0 unspecified atom stereocenters. The average Bonchev–Trinajstić information content (AvgIpc) is 2.59. The molecule has 0 fully saturated rings. The fraction of sp³-hybridized carbons (Fsp3) is 0.500. The Balaban J connectivity index is 2.16.